The van der Waals surface area contributed by atoms with E-state index in [2.05, 4.69) is 34.6 Å². The van der Waals surface area contributed by atoms with Gasteiger partial charge in [-0.25, -0.2) is 0 Å². The van der Waals surface area contributed by atoms with Crippen LogP contribution in [0.25, 0.3) is 0 Å². The fourth-order valence-electron chi connectivity index (χ4n) is 6.31. The first-order valence-corrected chi connectivity index (χ1v) is 7.86. The van der Waals surface area contributed by atoms with Crippen LogP contribution in [0, 0.1) is 16.7 Å². The molecule has 0 radical (unpaired) electrons. The van der Waals surface area contributed by atoms with Gasteiger partial charge >= 0.3 is 0 Å². The van der Waals surface area contributed by atoms with Crippen LogP contribution in [0.15, 0.2) is 0 Å². The summed E-state index contributed by atoms with van der Waals surface area (Å²) in [6.45, 7) is 5.77. The Hall–Kier alpha value is -0.970. The van der Waals surface area contributed by atoms with E-state index < -0.39 is 0 Å². The summed E-state index contributed by atoms with van der Waals surface area (Å²) >= 11 is 0. The maximum atomic E-state index is 4.29. The molecular weight excluding hydrogens is 250 g/mol. The monoisotopic (exact) mass is 275 g/mol. The fourth-order valence-corrected chi connectivity index (χ4v) is 6.31. The fraction of sp³-hybridized carbons (Fsp3) is 0.933. The van der Waals surface area contributed by atoms with Crippen molar-refractivity contribution >= 4 is 0 Å². The average Bonchev–Trinajstić information content (AvgIpc) is 2.68. The summed E-state index contributed by atoms with van der Waals surface area (Å²) in [5.41, 5.74) is 1.43. The van der Waals surface area contributed by atoms with Crippen LogP contribution in [0.5, 0.6) is 0 Å². The molecule has 1 aromatic heterocycles. The number of hydrogen-bond donors (Lipinski definition) is 1. The molecule has 20 heavy (non-hydrogen) atoms. The lowest BCUT2D eigenvalue weighted by atomic mass is 9.43. The zero-order chi connectivity index (χ0) is 14.0. The summed E-state index contributed by atoms with van der Waals surface area (Å²) in [5, 5.41) is 16.2. The Bertz CT molecular complexity index is 518. The molecule has 1 aromatic rings. The number of aryl methyl sites for hydroxylation is 1. The lowest BCUT2D eigenvalue weighted by Gasteiger charge is -2.65. The molecule has 0 amide bonds. The third-order valence-electron chi connectivity index (χ3n) is 5.80. The predicted octanol–water partition coefficient (Wildman–Crippen LogP) is 2.05. The summed E-state index contributed by atoms with van der Waals surface area (Å²) in [5.74, 6) is 1.74. The van der Waals surface area contributed by atoms with E-state index in [4.69, 9.17) is 0 Å². The number of nitrogens with zero attached hydrogens (tertiary/aromatic N) is 4. The number of tetrazole rings is 1. The molecule has 1 N–H and O–H groups in total. The van der Waals surface area contributed by atoms with Gasteiger partial charge in [-0.2, -0.15) is 4.80 Å². The van der Waals surface area contributed by atoms with Gasteiger partial charge in [-0.1, -0.05) is 13.8 Å². The van der Waals surface area contributed by atoms with Crippen molar-refractivity contribution in [2.45, 2.75) is 64.5 Å². The zero-order valence-electron chi connectivity index (χ0n) is 12.8. The van der Waals surface area contributed by atoms with E-state index in [0.29, 0.717) is 16.4 Å². The van der Waals surface area contributed by atoms with E-state index in [0.717, 1.165) is 18.3 Å². The smallest absolute Gasteiger partial charge is 0.188 e. The van der Waals surface area contributed by atoms with Crippen molar-refractivity contribution in [3.05, 3.63) is 5.82 Å². The molecule has 0 aliphatic heterocycles. The van der Waals surface area contributed by atoms with Gasteiger partial charge in [-0.3, -0.25) is 0 Å². The molecule has 4 bridgehead atoms. The second-order valence-electron chi connectivity index (χ2n) is 8.46. The molecule has 5 rings (SSSR count). The molecule has 0 aromatic carbocycles. The molecule has 110 valence electrons. The summed E-state index contributed by atoms with van der Waals surface area (Å²) in [7, 11) is 1.82. The highest BCUT2D eigenvalue weighted by molar-refractivity contribution is 5.14. The lowest BCUT2D eigenvalue weighted by Crippen LogP contribution is -2.63. The van der Waals surface area contributed by atoms with Crippen molar-refractivity contribution in [3.8, 4) is 0 Å². The number of hydrogen-bond acceptors (Lipinski definition) is 4. The Morgan fingerprint density at radius 1 is 1.15 bits per heavy atom. The molecule has 4 saturated carbocycles. The van der Waals surface area contributed by atoms with Gasteiger partial charge in [0.15, 0.2) is 5.82 Å². The van der Waals surface area contributed by atoms with Gasteiger partial charge in [-0.05, 0) is 60.5 Å². The predicted molar refractivity (Wildman–Crippen MR) is 75.8 cm³/mol. The van der Waals surface area contributed by atoms with E-state index in [1.54, 1.807) is 4.80 Å². The van der Waals surface area contributed by atoms with Gasteiger partial charge in [-0.15, -0.1) is 10.2 Å². The van der Waals surface area contributed by atoms with Crippen LogP contribution in [-0.4, -0.2) is 25.7 Å². The van der Waals surface area contributed by atoms with Crippen LogP contribution in [0.4, 0.5) is 0 Å². The summed E-state index contributed by atoms with van der Waals surface area (Å²) in [6.07, 6.45) is 8.30. The normalized spacial score (nSPS) is 46.0. The number of aromatic nitrogens is 4. The van der Waals surface area contributed by atoms with Crippen LogP contribution < -0.4 is 5.32 Å². The van der Waals surface area contributed by atoms with Crippen molar-refractivity contribution in [3.63, 3.8) is 0 Å². The molecule has 2 unspecified atom stereocenters. The largest absolute Gasteiger partial charge is 0.304 e. The third-order valence-corrected chi connectivity index (χ3v) is 5.80. The van der Waals surface area contributed by atoms with Gasteiger partial charge in [0, 0.05) is 5.54 Å². The summed E-state index contributed by atoms with van der Waals surface area (Å²) < 4.78 is 0. The first-order chi connectivity index (χ1) is 9.38. The average molecular weight is 275 g/mol. The Labute approximate surface area is 120 Å². The third kappa shape index (κ3) is 1.98. The van der Waals surface area contributed by atoms with Gasteiger partial charge in [0.25, 0.3) is 0 Å². The minimum absolute atomic E-state index is 0.322. The van der Waals surface area contributed by atoms with Crippen LogP contribution in [0.2, 0.25) is 0 Å². The van der Waals surface area contributed by atoms with Crippen molar-refractivity contribution in [2.75, 3.05) is 0 Å². The van der Waals surface area contributed by atoms with E-state index in [9.17, 15) is 0 Å². The first-order valence-electron chi connectivity index (χ1n) is 7.86. The SMILES string of the molecule is Cn1nnc(CNC23CC4CC(C)(CC(C)(C4)C2)C3)n1. The van der Waals surface area contributed by atoms with Gasteiger partial charge in [0.1, 0.15) is 0 Å². The zero-order valence-corrected chi connectivity index (χ0v) is 12.8. The minimum atomic E-state index is 0.322. The summed E-state index contributed by atoms with van der Waals surface area (Å²) in [4.78, 5) is 1.54. The molecule has 2 atom stereocenters. The molecule has 5 heteroatoms. The Morgan fingerprint density at radius 2 is 1.85 bits per heavy atom. The Morgan fingerprint density at radius 3 is 2.40 bits per heavy atom. The number of nitrogens with one attached hydrogen (secondary N) is 1. The minimum Gasteiger partial charge on any atom is -0.304 e. The lowest BCUT2D eigenvalue weighted by molar-refractivity contribution is -0.118. The topological polar surface area (TPSA) is 55.6 Å². The highest BCUT2D eigenvalue weighted by atomic mass is 15.6. The Balaban J connectivity index is 1.55. The van der Waals surface area contributed by atoms with E-state index in [-0.39, 0.29) is 0 Å². The van der Waals surface area contributed by atoms with Gasteiger partial charge in [0.05, 0.1) is 13.6 Å². The molecular formula is C15H25N5. The quantitative estimate of drug-likeness (QED) is 0.917. The summed E-state index contributed by atoms with van der Waals surface area (Å²) in [6, 6.07) is 0. The van der Waals surface area contributed by atoms with Gasteiger partial charge in [0.2, 0.25) is 0 Å². The molecule has 4 aliphatic rings. The van der Waals surface area contributed by atoms with Crippen LogP contribution in [0.3, 0.4) is 0 Å². The van der Waals surface area contributed by atoms with Crippen molar-refractivity contribution in [2.24, 2.45) is 23.8 Å². The maximum Gasteiger partial charge on any atom is 0.188 e. The highest BCUT2D eigenvalue weighted by Gasteiger charge is 2.59. The molecule has 4 fully saturated rings. The van der Waals surface area contributed by atoms with Crippen molar-refractivity contribution in [1.29, 1.82) is 0 Å². The van der Waals surface area contributed by atoms with Crippen LogP contribution in [0.1, 0.15) is 58.2 Å². The highest BCUT2D eigenvalue weighted by Crippen LogP contribution is 2.66. The van der Waals surface area contributed by atoms with Crippen LogP contribution in [-0.2, 0) is 13.6 Å². The van der Waals surface area contributed by atoms with E-state index in [1.807, 2.05) is 7.05 Å². The second kappa shape index (κ2) is 3.81. The van der Waals surface area contributed by atoms with Crippen molar-refractivity contribution in [1.82, 2.24) is 25.5 Å². The Kier molecular flexibility index (Phi) is 2.43. The van der Waals surface area contributed by atoms with E-state index in [1.165, 1.54) is 38.5 Å². The standard InChI is InChI=1S/C15H25N5/c1-13-4-11-5-14(2,8-13)10-15(6-11,9-13)16-7-12-17-19-20(3)18-12/h11,16H,4-10H2,1-3H3. The number of rotatable bonds is 3. The van der Waals surface area contributed by atoms with E-state index >= 15 is 0 Å². The second-order valence-corrected chi connectivity index (χ2v) is 8.46. The molecule has 5 nitrogen and oxygen atoms in total. The molecule has 0 saturated heterocycles. The van der Waals surface area contributed by atoms with Crippen molar-refractivity contribution < 1.29 is 0 Å². The maximum absolute atomic E-state index is 4.29. The van der Waals surface area contributed by atoms with Crippen LogP contribution >= 0.6 is 0 Å². The first kappa shape index (κ1) is 12.7. The van der Waals surface area contributed by atoms with Gasteiger partial charge < -0.3 is 5.32 Å². The molecule has 0 spiro atoms. The molecule has 4 aliphatic carbocycles. The molecule has 1 heterocycles.